The summed E-state index contributed by atoms with van der Waals surface area (Å²) in [6.45, 7) is 5.28. The van der Waals surface area contributed by atoms with Crippen LogP contribution in [0.4, 0.5) is 5.69 Å². The lowest BCUT2D eigenvalue weighted by molar-refractivity contribution is -0.116. The van der Waals surface area contributed by atoms with Gasteiger partial charge in [0.05, 0.1) is 17.6 Å². The van der Waals surface area contributed by atoms with Gasteiger partial charge in [-0.05, 0) is 23.6 Å². The van der Waals surface area contributed by atoms with E-state index >= 15 is 0 Å². The standard InChI is InChI=1S/C22H21N3OS/c1-2-13-25-20(17-8-4-3-5-9-17)15-23-22(25)27-16-21(26)24-14-12-18-10-6-7-11-19(18)24/h2-11,15H,1,12-14,16H2. The summed E-state index contributed by atoms with van der Waals surface area (Å²) in [7, 11) is 0. The summed E-state index contributed by atoms with van der Waals surface area (Å²) in [6, 6.07) is 18.3. The maximum atomic E-state index is 12.8. The van der Waals surface area contributed by atoms with Crippen molar-refractivity contribution in [3.8, 4) is 11.3 Å². The first kappa shape index (κ1) is 17.6. The second kappa shape index (κ2) is 7.84. The molecule has 2 aromatic carbocycles. The summed E-state index contributed by atoms with van der Waals surface area (Å²) in [6.07, 6.45) is 4.66. The summed E-state index contributed by atoms with van der Waals surface area (Å²) in [5, 5.41) is 0.842. The van der Waals surface area contributed by atoms with Crippen LogP contribution in [0.1, 0.15) is 5.56 Å². The number of hydrogen-bond donors (Lipinski definition) is 0. The molecule has 0 fully saturated rings. The van der Waals surface area contributed by atoms with Crippen LogP contribution < -0.4 is 4.90 Å². The SMILES string of the molecule is C=CCn1c(-c2ccccc2)cnc1SCC(=O)N1CCc2ccccc21. The summed E-state index contributed by atoms with van der Waals surface area (Å²) in [5.41, 5.74) is 4.44. The van der Waals surface area contributed by atoms with Crippen LogP contribution >= 0.6 is 11.8 Å². The van der Waals surface area contributed by atoms with Crippen LogP contribution in [0.2, 0.25) is 0 Å². The average Bonchev–Trinajstić information content (AvgIpc) is 3.31. The zero-order chi connectivity index (χ0) is 18.6. The number of thioether (sulfide) groups is 1. The smallest absolute Gasteiger partial charge is 0.237 e. The normalized spacial score (nSPS) is 12.8. The Kier molecular flexibility index (Phi) is 5.12. The summed E-state index contributed by atoms with van der Waals surface area (Å²) in [4.78, 5) is 19.2. The maximum absolute atomic E-state index is 12.8. The van der Waals surface area contributed by atoms with Crippen molar-refractivity contribution in [2.75, 3.05) is 17.2 Å². The van der Waals surface area contributed by atoms with Gasteiger partial charge in [-0.3, -0.25) is 4.79 Å². The first-order chi connectivity index (χ1) is 13.3. The van der Waals surface area contributed by atoms with Gasteiger partial charge in [-0.2, -0.15) is 0 Å². The van der Waals surface area contributed by atoms with Crippen LogP contribution in [0.15, 0.2) is 78.6 Å². The molecule has 0 spiro atoms. The van der Waals surface area contributed by atoms with Crippen LogP contribution in [-0.2, 0) is 17.8 Å². The summed E-state index contributed by atoms with van der Waals surface area (Å²) in [5.74, 6) is 0.496. The van der Waals surface area contributed by atoms with Crippen molar-refractivity contribution in [1.82, 2.24) is 9.55 Å². The molecule has 0 radical (unpaired) electrons. The molecule has 0 N–H and O–H groups in total. The number of rotatable bonds is 6. The summed E-state index contributed by atoms with van der Waals surface area (Å²) >= 11 is 1.48. The van der Waals surface area contributed by atoms with Crippen LogP contribution in [-0.4, -0.2) is 27.8 Å². The average molecular weight is 375 g/mol. The topological polar surface area (TPSA) is 38.1 Å². The Labute approximate surface area is 163 Å². The summed E-state index contributed by atoms with van der Waals surface area (Å²) < 4.78 is 2.11. The molecule has 0 atom stereocenters. The van der Waals surface area contributed by atoms with Gasteiger partial charge in [0.2, 0.25) is 5.91 Å². The highest BCUT2D eigenvalue weighted by molar-refractivity contribution is 7.99. The molecule has 0 unspecified atom stereocenters. The van der Waals surface area contributed by atoms with Crippen LogP contribution in [0.25, 0.3) is 11.3 Å². The lowest BCUT2D eigenvalue weighted by Gasteiger charge is -2.17. The highest BCUT2D eigenvalue weighted by Gasteiger charge is 2.24. The number of fused-ring (bicyclic) bond motifs is 1. The molecule has 1 aliphatic heterocycles. The Morgan fingerprint density at radius 3 is 2.74 bits per heavy atom. The molecule has 2 heterocycles. The highest BCUT2D eigenvalue weighted by atomic mass is 32.2. The van der Waals surface area contributed by atoms with Crippen molar-refractivity contribution in [3.05, 3.63) is 79.0 Å². The van der Waals surface area contributed by atoms with E-state index in [0.717, 1.165) is 35.1 Å². The maximum Gasteiger partial charge on any atom is 0.237 e. The van der Waals surface area contributed by atoms with Gasteiger partial charge >= 0.3 is 0 Å². The number of amides is 1. The number of aromatic nitrogens is 2. The quantitative estimate of drug-likeness (QED) is 0.473. The molecule has 0 aliphatic carbocycles. The van der Waals surface area contributed by atoms with Crippen molar-refractivity contribution in [2.24, 2.45) is 0 Å². The number of hydrogen-bond acceptors (Lipinski definition) is 3. The predicted octanol–water partition coefficient (Wildman–Crippen LogP) is 4.42. The molecule has 3 aromatic rings. The monoisotopic (exact) mass is 375 g/mol. The van der Waals surface area contributed by atoms with E-state index in [2.05, 4.69) is 34.3 Å². The fraction of sp³-hybridized carbons (Fsp3) is 0.182. The number of nitrogens with zero attached hydrogens (tertiary/aromatic N) is 3. The molecule has 0 saturated carbocycles. The number of carbonyl (C=O) groups is 1. The molecule has 1 amide bonds. The van der Waals surface area contributed by atoms with E-state index in [-0.39, 0.29) is 5.91 Å². The second-order valence-corrected chi connectivity index (χ2v) is 7.35. The molecule has 136 valence electrons. The molecular weight excluding hydrogens is 354 g/mol. The minimum Gasteiger partial charge on any atom is -0.315 e. The van der Waals surface area contributed by atoms with E-state index in [1.807, 2.05) is 53.6 Å². The third-order valence-electron chi connectivity index (χ3n) is 4.71. The zero-order valence-corrected chi connectivity index (χ0v) is 15.9. The molecule has 5 heteroatoms. The van der Waals surface area contributed by atoms with Crippen molar-refractivity contribution in [1.29, 1.82) is 0 Å². The lowest BCUT2D eigenvalue weighted by atomic mass is 10.2. The minimum absolute atomic E-state index is 0.124. The Bertz CT molecular complexity index is 965. The third-order valence-corrected chi connectivity index (χ3v) is 5.69. The van der Waals surface area contributed by atoms with Gasteiger partial charge in [0.25, 0.3) is 0 Å². The first-order valence-electron chi connectivity index (χ1n) is 9.01. The molecule has 4 nitrogen and oxygen atoms in total. The Morgan fingerprint density at radius 2 is 1.93 bits per heavy atom. The fourth-order valence-electron chi connectivity index (χ4n) is 3.42. The van der Waals surface area contributed by atoms with Crippen LogP contribution in [0, 0.1) is 0 Å². The van der Waals surface area contributed by atoms with E-state index in [0.29, 0.717) is 12.3 Å². The zero-order valence-electron chi connectivity index (χ0n) is 15.0. The van der Waals surface area contributed by atoms with Gasteiger partial charge < -0.3 is 9.47 Å². The van der Waals surface area contributed by atoms with Crippen LogP contribution in [0.3, 0.4) is 0 Å². The van der Waals surface area contributed by atoms with E-state index in [9.17, 15) is 4.79 Å². The molecular formula is C22H21N3OS. The molecule has 1 aromatic heterocycles. The minimum atomic E-state index is 0.124. The number of benzene rings is 2. The Balaban J connectivity index is 1.51. The van der Waals surface area contributed by atoms with Gasteiger partial charge in [0, 0.05) is 18.8 Å². The molecule has 1 aliphatic rings. The van der Waals surface area contributed by atoms with Gasteiger partial charge in [-0.25, -0.2) is 4.98 Å². The Morgan fingerprint density at radius 1 is 1.15 bits per heavy atom. The molecule has 4 rings (SSSR count). The van der Waals surface area contributed by atoms with Gasteiger partial charge in [0.1, 0.15) is 0 Å². The third kappa shape index (κ3) is 3.55. The van der Waals surface area contributed by atoms with E-state index in [1.165, 1.54) is 17.3 Å². The largest absolute Gasteiger partial charge is 0.315 e. The molecule has 27 heavy (non-hydrogen) atoms. The number of carbonyl (C=O) groups excluding carboxylic acids is 1. The number of para-hydroxylation sites is 1. The van der Waals surface area contributed by atoms with Crippen molar-refractivity contribution < 1.29 is 4.79 Å². The fourth-order valence-corrected chi connectivity index (χ4v) is 4.28. The van der Waals surface area contributed by atoms with E-state index in [4.69, 9.17) is 0 Å². The number of allylic oxidation sites excluding steroid dienone is 1. The highest BCUT2D eigenvalue weighted by Crippen LogP contribution is 2.30. The lowest BCUT2D eigenvalue weighted by Crippen LogP contribution is -2.30. The van der Waals surface area contributed by atoms with Crippen LogP contribution in [0.5, 0.6) is 0 Å². The number of imidazole rings is 1. The van der Waals surface area contributed by atoms with E-state index in [1.54, 1.807) is 0 Å². The predicted molar refractivity (Wildman–Crippen MR) is 111 cm³/mol. The van der Waals surface area contributed by atoms with Crippen molar-refractivity contribution in [3.63, 3.8) is 0 Å². The van der Waals surface area contributed by atoms with Gasteiger partial charge in [0.15, 0.2) is 5.16 Å². The van der Waals surface area contributed by atoms with Crippen molar-refractivity contribution in [2.45, 2.75) is 18.1 Å². The Hall–Kier alpha value is -2.79. The van der Waals surface area contributed by atoms with Gasteiger partial charge in [-0.15, -0.1) is 6.58 Å². The molecule has 0 bridgehead atoms. The van der Waals surface area contributed by atoms with Gasteiger partial charge in [-0.1, -0.05) is 66.4 Å². The second-order valence-electron chi connectivity index (χ2n) is 6.40. The molecule has 0 saturated heterocycles. The van der Waals surface area contributed by atoms with E-state index < -0.39 is 0 Å². The first-order valence-corrected chi connectivity index (χ1v) is 9.99. The number of anilines is 1. The van der Waals surface area contributed by atoms with Crippen molar-refractivity contribution >= 4 is 23.4 Å².